The molecule has 1 aliphatic heterocycles. The first-order chi connectivity index (χ1) is 18.1. The summed E-state index contributed by atoms with van der Waals surface area (Å²) in [7, 11) is 0. The number of rotatable bonds is 8. The molecule has 1 atom stereocenters. The van der Waals surface area contributed by atoms with Crippen LogP contribution in [0.2, 0.25) is 5.02 Å². The molecule has 0 saturated carbocycles. The Bertz CT molecular complexity index is 1450. The second-order valence-corrected chi connectivity index (χ2v) is 9.80. The van der Waals surface area contributed by atoms with Gasteiger partial charge in [0.15, 0.2) is 6.61 Å². The number of carboxylic acid groups (broad SMARTS) is 1. The van der Waals surface area contributed by atoms with E-state index in [9.17, 15) is 24.0 Å². The average Bonchev–Trinajstić information content (AvgIpc) is 3.16. The number of hydrogen-bond donors (Lipinski definition) is 3. The number of imide groups is 1. The number of amides is 3. The van der Waals surface area contributed by atoms with E-state index in [1.54, 1.807) is 18.2 Å². The fourth-order valence-electron chi connectivity index (χ4n) is 3.64. The van der Waals surface area contributed by atoms with Crippen LogP contribution in [0.1, 0.15) is 27.1 Å². The molecule has 0 aromatic heterocycles. The molecule has 1 unspecified atom stereocenters. The highest BCUT2D eigenvalue weighted by molar-refractivity contribution is 8.00. The third kappa shape index (κ3) is 6.13. The van der Waals surface area contributed by atoms with Crippen LogP contribution in [0, 0.1) is 0 Å². The van der Waals surface area contributed by atoms with Crippen molar-refractivity contribution in [3.63, 3.8) is 0 Å². The van der Waals surface area contributed by atoms with Crippen LogP contribution in [0.5, 0.6) is 0 Å². The van der Waals surface area contributed by atoms with Gasteiger partial charge in [0, 0.05) is 22.7 Å². The van der Waals surface area contributed by atoms with E-state index in [4.69, 9.17) is 27.2 Å². The zero-order valence-corrected chi connectivity index (χ0v) is 21.1. The van der Waals surface area contributed by atoms with Gasteiger partial charge in [0.05, 0.1) is 27.1 Å². The first-order valence-corrected chi connectivity index (χ1v) is 12.4. The summed E-state index contributed by atoms with van der Waals surface area (Å²) in [6.07, 6.45) is 0.0266. The number of carboxylic acids is 1. The van der Waals surface area contributed by atoms with Crippen molar-refractivity contribution >= 4 is 70.1 Å². The van der Waals surface area contributed by atoms with E-state index in [0.29, 0.717) is 11.4 Å². The third-order valence-corrected chi connectivity index (χ3v) is 6.93. The molecule has 3 aromatic carbocycles. The van der Waals surface area contributed by atoms with E-state index in [0.717, 1.165) is 9.80 Å². The highest BCUT2D eigenvalue weighted by Gasteiger charge is 2.40. The zero-order chi connectivity index (χ0) is 27.4. The maximum absolute atomic E-state index is 12.9. The molecule has 1 heterocycles. The van der Waals surface area contributed by atoms with E-state index in [1.807, 2.05) is 6.07 Å². The minimum absolute atomic E-state index is 0.0124. The number of nitrogen functional groups attached to an aromatic ring is 1. The molecule has 4 N–H and O–H groups in total. The molecule has 12 heteroatoms. The molecule has 3 amide bonds. The predicted octanol–water partition coefficient (Wildman–Crippen LogP) is 3.84. The lowest BCUT2D eigenvalue weighted by molar-refractivity contribution is -0.121. The van der Waals surface area contributed by atoms with Crippen molar-refractivity contribution in [3.8, 4) is 0 Å². The molecule has 0 bridgehead atoms. The third-order valence-electron chi connectivity index (χ3n) is 5.42. The van der Waals surface area contributed by atoms with Crippen molar-refractivity contribution in [3.05, 3.63) is 82.9 Å². The number of aromatic carboxylic acids is 1. The summed E-state index contributed by atoms with van der Waals surface area (Å²) in [5, 5.41) is 11.0. The summed E-state index contributed by atoms with van der Waals surface area (Å²) in [6, 6.07) is 16.6. The van der Waals surface area contributed by atoms with Crippen molar-refractivity contribution in [2.75, 3.05) is 22.6 Å². The van der Waals surface area contributed by atoms with Crippen LogP contribution in [0.25, 0.3) is 0 Å². The highest BCUT2D eigenvalue weighted by atomic mass is 35.5. The summed E-state index contributed by atoms with van der Waals surface area (Å²) in [4.78, 5) is 63.0. The van der Waals surface area contributed by atoms with Gasteiger partial charge in [-0.1, -0.05) is 17.7 Å². The molecule has 1 fully saturated rings. The van der Waals surface area contributed by atoms with Crippen molar-refractivity contribution in [2.45, 2.75) is 16.6 Å². The topological polar surface area (TPSA) is 156 Å². The first kappa shape index (κ1) is 26.7. The smallest absolute Gasteiger partial charge is 0.338 e. The van der Waals surface area contributed by atoms with Gasteiger partial charge in [-0.2, -0.15) is 0 Å². The number of nitrogens with one attached hydrogen (secondary N) is 1. The quantitative estimate of drug-likeness (QED) is 0.214. The van der Waals surface area contributed by atoms with Crippen LogP contribution < -0.4 is 16.0 Å². The summed E-state index contributed by atoms with van der Waals surface area (Å²) in [5.74, 6) is -3.48. The fraction of sp³-hybridized carbons (Fsp3) is 0.115. The van der Waals surface area contributed by atoms with Gasteiger partial charge in [-0.3, -0.25) is 14.4 Å². The lowest BCUT2D eigenvalue weighted by Crippen LogP contribution is -2.31. The SMILES string of the molecule is Nc1cccc(SC2CC(=O)N(c3ccc(C(=O)OCC(=O)Nc4ccc(Cl)c(C(=O)O)c4)cc3)C2=O)c1. The number of thioether (sulfide) groups is 1. The molecule has 194 valence electrons. The Hall–Kier alpha value is -4.35. The number of anilines is 3. The van der Waals surface area contributed by atoms with Gasteiger partial charge in [0.2, 0.25) is 11.8 Å². The van der Waals surface area contributed by atoms with Crippen LogP contribution in [0.4, 0.5) is 17.1 Å². The fourth-order valence-corrected chi connectivity index (χ4v) is 4.96. The minimum Gasteiger partial charge on any atom is -0.478 e. The van der Waals surface area contributed by atoms with Gasteiger partial charge in [-0.25, -0.2) is 14.5 Å². The Morgan fingerprint density at radius 3 is 2.50 bits per heavy atom. The predicted molar refractivity (Wildman–Crippen MR) is 141 cm³/mol. The van der Waals surface area contributed by atoms with Crippen LogP contribution >= 0.6 is 23.4 Å². The first-order valence-electron chi connectivity index (χ1n) is 11.1. The minimum atomic E-state index is -1.26. The Balaban J connectivity index is 1.34. The van der Waals surface area contributed by atoms with Gasteiger partial charge < -0.3 is 20.9 Å². The normalized spacial score (nSPS) is 14.9. The summed E-state index contributed by atoms with van der Waals surface area (Å²) in [5.41, 5.74) is 6.73. The van der Waals surface area contributed by atoms with Gasteiger partial charge in [0.25, 0.3) is 5.91 Å². The summed E-state index contributed by atoms with van der Waals surface area (Å²) in [6.45, 7) is -0.627. The number of carbonyl (C=O) groups excluding carboxylic acids is 4. The van der Waals surface area contributed by atoms with E-state index in [1.165, 1.54) is 54.2 Å². The Labute approximate surface area is 225 Å². The molecule has 0 aliphatic carbocycles. The number of nitrogens with two attached hydrogens (primary N) is 1. The molecule has 10 nitrogen and oxygen atoms in total. The lowest BCUT2D eigenvalue weighted by atomic mass is 10.2. The number of halogens is 1. The Kier molecular flexibility index (Phi) is 7.99. The van der Waals surface area contributed by atoms with Gasteiger partial charge >= 0.3 is 11.9 Å². The maximum atomic E-state index is 12.9. The van der Waals surface area contributed by atoms with Crippen molar-refractivity contribution < 1.29 is 33.8 Å². The average molecular weight is 554 g/mol. The number of esters is 1. The summed E-state index contributed by atoms with van der Waals surface area (Å²) >= 11 is 7.06. The van der Waals surface area contributed by atoms with Crippen molar-refractivity contribution in [1.82, 2.24) is 0 Å². The summed E-state index contributed by atoms with van der Waals surface area (Å²) < 4.78 is 5.01. The van der Waals surface area contributed by atoms with E-state index in [-0.39, 0.29) is 40.1 Å². The standard InChI is InChI=1S/C26H20ClN3O7S/c27-20-9-6-16(11-19(20)25(34)35)29-22(31)13-37-26(36)14-4-7-17(8-5-14)30-23(32)12-21(24(30)33)38-18-3-1-2-15(28)10-18/h1-11,21H,12-13,28H2,(H,29,31)(H,34,35). The lowest BCUT2D eigenvalue weighted by Gasteiger charge is -2.15. The number of benzene rings is 3. The molecule has 1 aliphatic rings. The van der Waals surface area contributed by atoms with E-state index < -0.39 is 29.7 Å². The molecule has 38 heavy (non-hydrogen) atoms. The monoisotopic (exact) mass is 553 g/mol. The largest absolute Gasteiger partial charge is 0.478 e. The number of ether oxygens (including phenoxy) is 1. The molecule has 0 radical (unpaired) electrons. The zero-order valence-electron chi connectivity index (χ0n) is 19.5. The molecular weight excluding hydrogens is 534 g/mol. The molecule has 4 rings (SSSR count). The number of hydrogen-bond acceptors (Lipinski definition) is 8. The van der Waals surface area contributed by atoms with Crippen LogP contribution in [0.15, 0.2) is 71.6 Å². The van der Waals surface area contributed by atoms with Crippen LogP contribution in [0.3, 0.4) is 0 Å². The number of carbonyl (C=O) groups is 5. The van der Waals surface area contributed by atoms with E-state index >= 15 is 0 Å². The van der Waals surface area contributed by atoms with Crippen molar-refractivity contribution in [1.29, 1.82) is 0 Å². The molecular formula is C26H20ClN3O7S. The Morgan fingerprint density at radius 1 is 1.08 bits per heavy atom. The van der Waals surface area contributed by atoms with Crippen molar-refractivity contribution in [2.24, 2.45) is 0 Å². The molecule has 1 saturated heterocycles. The number of nitrogens with zero attached hydrogens (tertiary/aromatic N) is 1. The Morgan fingerprint density at radius 2 is 1.82 bits per heavy atom. The second-order valence-electron chi connectivity index (χ2n) is 8.12. The maximum Gasteiger partial charge on any atom is 0.338 e. The molecule has 3 aromatic rings. The van der Waals surface area contributed by atoms with Gasteiger partial charge in [-0.05, 0) is 60.7 Å². The van der Waals surface area contributed by atoms with Gasteiger partial charge in [0.1, 0.15) is 0 Å². The van der Waals surface area contributed by atoms with E-state index in [2.05, 4.69) is 5.32 Å². The molecule has 0 spiro atoms. The second kappa shape index (κ2) is 11.4. The van der Waals surface area contributed by atoms with Gasteiger partial charge in [-0.15, -0.1) is 11.8 Å². The highest BCUT2D eigenvalue weighted by Crippen LogP contribution is 2.34. The van der Waals surface area contributed by atoms with Crippen LogP contribution in [-0.2, 0) is 19.1 Å². The van der Waals surface area contributed by atoms with Crippen LogP contribution in [-0.4, -0.2) is 46.6 Å².